The van der Waals surface area contributed by atoms with Gasteiger partial charge in [-0.05, 0) is 55.6 Å². The highest BCUT2D eigenvalue weighted by Crippen LogP contribution is 2.41. The van der Waals surface area contributed by atoms with Crippen molar-refractivity contribution in [1.29, 1.82) is 0 Å². The van der Waals surface area contributed by atoms with E-state index in [0.29, 0.717) is 18.2 Å². The third-order valence-electron chi connectivity index (χ3n) is 7.05. The van der Waals surface area contributed by atoms with E-state index in [4.69, 9.17) is 0 Å². The first-order chi connectivity index (χ1) is 16.3. The Kier molecular flexibility index (Phi) is 6.24. The van der Waals surface area contributed by atoms with E-state index >= 15 is 0 Å². The van der Waals surface area contributed by atoms with Gasteiger partial charge in [0.1, 0.15) is 0 Å². The predicted octanol–water partition coefficient (Wildman–Crippen LogP) is 4.75. The van der Waals surface area contributed by atoms with Gasteiger partial charge in [0.05, 0.1) is 47.9 Å². The molecule has 0 radical (unpaired) electrons. The number of aromatic amines is 1. The minimum Gasteiger partial charge on any atom is -0.378 e. The van der Waals surface area contributed by atoms with E-state index in [9.17, 15) is 13.2 Å². The van der Waals surface area contributed by atoms with Gasteiger partial charge in [-0.15, -0.1) is 0 Å². The molecule has 182 valence electrons. The van der Waals surface area contributed by atoms with Gasteiger partial charge in [0, 0.05) is 24.5 Å². The van der Waals surface area contributed by atoms with Crippen molar-refractivity contribution in [3.8, 4) is 0 Å². The number of benzene rings is 1. The molecule has 0 saturated carbocycles. The highest BCUT2D eigenvalue weighted by molar-refractivity contribution is 5.83. The topological polar surface area (TPSA) is 60.1 Å². The minimum absolute atomic E-state index is 0.289. The van der Waals surface area contributed by atoms with Crippen LogP contribution >= 0.6 is 0 Å². The van der Waals surface area contributed by atoms with Crippen LogP contribution in [0, 0.1) is 0 Å². The number of rotatable bonds is 7. The lowest BCUT2D eigenvalue weighted by Crippen LogP contribution is -2.54. The van der Waals surface area contributed by atoms with Crippen molar-refractivity contribution in [2.45, 2.75) is 57.4 Å². The minimum atomic E-state index is -4.29. The molecule has 1 saturated heterocycles. The molecular weight excluding hydrogens is 441 g/mol. The maximum atomic E-state index is 13.6. The van der Waals surface area contributed by atoms with Gasteiger partial charge in [-0.3, -0.25) is 19.9 Å². The summed E-state index contributed by atoms with van der Waals surface area (Å²) in [6, 6.07) is 7.15. The molecule has 4 heterocycles. The zero-order chi connectivity index (χ0) is 23.9. The Bertz CT molecular complexity index is 1120. The summed E-state index contributed by atoms with van der Waals surface area (Å²) >= 11 is 0. The number of hydrogen-bond acceptors (Lipinski definition) is 5. The molecule has 1 aromatic carbocycles. The Balaban J connectivity index is 1.40. The number of hydrogen-bond donors (Lipinski definition) is 2. The van der Waals surface area contributed by atoms with E-state index in [0.717, 1.165) is 47.4 Å². The summed E-state index contributed by atoms with van der Waals surface area (Å²) in [5.41, 5.74) is 4.35. The first-order valence-electron chi connectivity index (χ1n) is 12.0. The Hall–Kier alpha value is -2.65. The number of nitrogens with zero attached hydrogens (tertiary/aromatic N) is 4. The Labute approximate surface area is 197 Å². The molecule has 0 aliphatic carbocycles. The number of halogens is 3. The summed E-state index contributed by atoms with van der Waals surface area (Å²) in [5, 5.41) is 11.6. The first-order valence-corrected chi connectivity index (χ1v) is 12.0. The number of likely N-dealkylation sites (tertiary alicyclic amines) is 1. The van der Waals surface area contributed by atoms with Gasteiger partial charge in [-0.1, -0.05) is 19.4 Å². The van der Waals surface area contributed by atoms with Crippen LogP contribution in [0.3, 0.4) is 0 Å². The van der Waals surface area contributed by atoms with Crippen molar-refractivity contribution < 1.29 is 13.2 Å². The van der Waals surface area contributed by atoms with E-state index in [1.807, 2.05) is 31.2 Å². The molecule has 2 atom stereocenters. The summed E-state index contributed by atoms with van der Waals surface area (Å²) in [6.45, 7) is 6.23. The van der Waals surface area contributed by atoms with Crippen molar-refractivity contribution >= 4 is 16.6 Å². The van der Waals surface area contributed by atoms with Gasteiger partial charge in [-0.2, -0.15) is 18.3 Å². The molecule has 0 unspecified atom stereocenters. The van der Waals surface area contributed by atoms with E-state index in [-0.39, 0.29) is 6.04 Å². The molecule has 2 aliphatic rings. The fraction of sp³-hybridized carbons (Fsp3) is 0.520. The average Bonchev–Trinajstić information content (AvgIpc) is 3.25. The second-order valence-electron chi connectivity index (χ2n) is 9.63. The van der Waals surface area contributed by atoms with Crippen LogP contribution in [-0.2, 0) is 6.42 Å². The van der Waals surface area contributed by atoms with Gasteiger partial charge in [0.2, 0.25) is 0 Å². The van der Waals surface area contributed by atoms with Crippen molar-refractivity contribution in [1.82, 2.24) is 25.0 Å². The molecule has 0 amide bonds. The predicted molar refractivity (Wildman–Crippen MR) is 127 cm³/mol. The van der Waals surface area contributed by atoms with Crippen molar-refractivity contribution in [2.75, 3.05) is 31.5 Å². The fourth-order valence-corrected chi connectivity index (χ4v) is 5.32. The standard InChI is InChI=1S/C25H31F3N6/c1-3-4-9-33-13-18(14-33)31-17-5-7-23(29-11-17)24-19-6-8-22-21(12-30-32-22)20(19)10-16(2)34(24)15-25(26,27)28/h5-8,11-12,16,18,24,31H,3-4,9-10,13-15H2,1-2H3,(H,30,32)/t16-,24+/m1/s1. The lowest BCUT2D eigenvalue weighted by Gasteiger charge is -2.42. The monoisotopic (exact) mass is 472 g/mol. The van der Waals surface area contributed by atoms with E-state index in [2.05, 4.69) is 32.3 Å². The third kappa shape index (κ3) is 4.63. The maximum Gasteiger partial charge on any atom is 0.401 e. The van der Waals surface area contributed by atoms with E-state index in [1.165, 1.54) is 17.7 Å². The van der Waals surface area contributed by atoms with Crippen LogP contribution < -0.4 is 5.32 Å². The van der Waals surface area contributed by atoms with Crippen LogP contribution in [0.4, 0.5) is 18.9 Å². The summed E-state index contributed by atoms with van der Waals surface area (Å²) < 4.78 is 40.7. The molecule has 5 rings (SSSR count). The first kappa shape index (κ1) is 23.1. The molecular formula is C25H31F3N6. The molecule has 0 spiro atoms. The van der Waals surface area contributed by atoms with Gasteiger partial charge in [-0.25, -0.2) is 0 Å². The van der Waals surface area contributed by atoms with Crippen LogP contribution in [0.2, 0.25) is 0 Å². The lowest BCUT2D eigenvalue weighted by molar-refractivity contribution is -0.155. The van der Waals surface area contributed by atoms with E-state index < -0.39 is 18.8 Å². The van der Waals surface area contributed by atoms with Gasteiger partial charge in [0.15, 0.2) is 0 Å². The number of fused-ring (bicyclic) bond motifs is 3. The zero-order valence-corrected chi connectivity index (χ0v) is 19.6. The number of pyridine rings is 1. The highest BCUT2D eigenvalue weighted by Gasteiger charge is 2.41. The number of H-pyrrole nitrogens is 1. The summed E-state index contributed by atoms with van der Waals surface area (Å²) in [6.07, 6.45) is 2.17. The van der Waals surface area contributed by atoms with Gasteiger partial charge in [0.25, 0.3) is 0 Å². The summed E-state index contributed by atoms with van der Waals surface area (Å²) in [4.78, 5) is 8.61. The lowest BCUT2D eigenvalue weighted by atomic mass is 9.85. The van der Waals surface area contributed by atoms with Gasteiger partial charge >= 0.3 is 6.18 Å². The molecule has 6 nitrogen and oxygen atoms in total. The van der Waals surface area contributed by atoms with Crippen LogP contribution in [0.15, 0.2) is 36.7 Å². The average molecular weight is 473 g/mol. The second-order valence-corrected chi connectivity index (χ2v) is 9.63. The highest BCUT2D eigenvalue weighted by atomic mass is 19.4. The smallest absolute Gasteiger partial charge is 0.378 e. The maximum absolute atomic E-state index is 13.6. The molecule has 34 heavy (non-hydrogen) atoms. The fourth-order valence-electron chi connectivity index (χ4n) is 5.32. The molecule has 2 N–H and O–H groups in total. The van der Waals surface area contributed by atoms with Crippen molar-refractivity contribution in [3.05, 3.63) is 53.5 Å². The van der Waals surface area contributed by atoms with E-state index in [1.54, 1.807) is 12.4 Å². The molecule has 2 aromatic heterocycles. The quantitative estimate of drug-likeness (QED) is 0.520. The molecule has 2 aliphatic heterocycles. The third-order valence-corrected chi connectivity index (χ3v) is 7.05. The molecule has 9 heteroatoms. The Morgan fingerprint density at radius 1 is 1.15 bits per heavy atom. The normalized spacial score (nSPS) is 22.0. The number of alkyl halides is 3. The molecule has 1 fully saturated rings. The Morgan fingerprint density at radius 2 is 1.97 bits per heavy atom. The summed E-state index contributed by atoms with van der Waals surface area (Å²) in [7, 11) is 0. The number of nitrogens with one attached hydrogen (secondary N) is 2. The van der Waals surface area contributed by atoms with Crippen molar-refractivity contribution in [2.24, 2.45) is 0 Å². The summed E-state index contributed by atoms with van der Waals surface area (Å²) in [5.74, 6) is 0. The van der Waals surface area contributed by atoms with Crippen LogP contribution in [0.1, 0.15) is 49.6 Å². The number of anilines is 1. The molecule has 0 bridgehead atoms. The van der Waals surface area contributed by atoms with Crippen LogP contribution in [-0.4, -0.2) is 69.4 Å². The second kappa shape index (κ2) is 9.19. The SMILES string of the molecule is CCCCN1CC(Nc2ccc([C@@H]3c4ccc5[nH]ncc5c4C[C@@H](C)N3CC(F)(F)F)nc2)C1. The molecule has 3 aromatic rings. The number of unbranched alkanes of at least 4 members (excludes halogenated alkanes) is 1. The van der Waals surface area contributed by atoms with Crippen LogP contribution in [0.5, 0.6) is 0 Å². The number of aromatic nitrogens is 3. The largest absolute Gasteiger partial charge is 0.401 e. The Morgan fingerprint density at radius 3 is 2.68 bits per heavy atom. The zero-order valence-electron chi connectivity index (χ0n) is 19.6. The van der Waals surface area contributed by atoms with Crippen LogP contribution in [0.25, 0.3) is 10.9 Å². The van der Waals surface area contributed by atoms with Gasteiger partial charge < -0.3 is 5.32 Å². The van der Waals surface area contributed by atoms with Crippen molar-refractivity contribution in [3.63, 3.8) is 0 Å².